The Morgan fingerprint density at radius 1 is 1.18 bits per heavy atom. The summed E-state index contributed by atoms with van der Waals surface area (Å²) in [6, 6.07) is 10.8. The molecule has 0 saturated carbocycles. The Bertz CT molecular complexity index is 543. The number of carbonyl (C=O) groups is 1. The third-order valence-electron chi connectivity index (χ3n) is 3.03. The molecule has 0 radical (unpaired) electrons. The molecular weight excluding hydrogens is 284 g/mol. The fourth-order valence-electron chi connectivity index (χ4n) is 1.87. The molecule has 0 saturated heterocycles. The highest BCUT2D eigenvalue weighted by Crippen LogP contribution is 2.15. The van der Waals surface area contributed by atoms with Gasteiger partial charge in [-0.2, -0.15) is 0 Å². The van der Waals surface area contributed by atoms with Crippen LogP contribution in [-0.2, 0) is 0 Å². The second-order valence-electron chi connectivity index (χ2n) is 4.71. The first-order valence-corrected chi connectivity index (χ1v) is 7.15. The Morgan fingerprint density at radius 3 is 2.68 bits per heavy atom. The Morgan fingerprint density at radius 2 is 1.95 bits per heavy atom. The quantitative estimate of drug-likeness (QED) is 0.652. The van der Waals surface area contributed by atoms with Crippen molar-refractivity contribution in [3.63, 3.8) is 0 Å². The number of aliphatic hydroxyl groups is 1. The lowest BCUT2D eigenvalue weighted by atomic mass is 10.1. The Balaban J connectivity index is 1.53. The molecule has 22 heavy (non-hydrogen) atoms. The van der Waals surface area contributed by atoms with Crippen LogP contribution in [-0.4, -0.2) is 30.8 Å². The van der Waals surface area contributed by atoms with Crippen LogP contribution >= 0.6 is 0 Å². The first-order valence-electron chi connectivity index (χ1n) is 7.15. The average Bonchev–Trinajstić information content (AvgIpc) is 3.07. The van der Waals surface area contributed by atoms with Crippen molar-refractivity contribution in [1.82, 2.24) is 10.6 Å². The zero-order valence-corrected chi connectivity index (χ0v) is 12.2. The zero-order valence-electron chi connectivity index (χ0n) is 12.2. The minimum atomic E-state index is -0.638. The molecule has 6 heteroatoms. The molecule has 2 aromatic rings. The van der Waals surface area contributed by atoms with Crippen LogP contribution < -0.4 is 15.4 Å². The third kappa shape index (κ3) is 5.49. The number of hydrogen-bond donors (Lipinski definition) is 3. The molecule has 1 atom stereocenters. The van der Waals surface area contributed by atoms with E-state index in [4.69, 9.17) is 9.15 Å². The van der Waals surface area contributed by atoms with Crippen molar-refractivity contribution in [3.8, 4) is 5.75 Å². The molecule has 0 unspecified atom stereocenters. The lowest BCUT2D eigenvalue weighted by molar-refractivity contribution is 0.166. The summed E-state index contributed by atoms with van der Waals surface area (Å²) in [5.74, 6) is 0.771. The minimum absolute atomic E-state index is 0.281. The predicted molar refractivity (Wildman–Crippen MR) is 81.6 cm³/mol. The van der Waals surface area contributed by atoms with Crippen molar-refractivity contribution in [3.05, 3.63) is 54.5 Å². The molecule has 3 N–H and O–H groups in total. The monoisotopic (exact) mass is 304 g/mol. The maximum atomic E-state index is 11.5. The van der Waals surface area contributed by atoms with Gasteiger partial charge in [-0.05, 0) is 24.6 Å². The van der Waals surface area contributed by atoms with Crippen LogP contribution in [0.5, 0.6) is 5.75 Å². The zero-order chi connectivity index (χ0) is 15.6. The van der Waals surface area contributed by atoms with E-state index < -0.39 is 6.10 Å². The lowest BCUT2D eigenvalue weighted by Gasteiger charge is -2.11. The molecule has 0 aliphatic heterocycles. The number of carbonyl (C=O) groups excluding carboxylic acids is 1. The first kappa shape index (κ1) is 15.9. The van der Waals surface area contributed by atoms with Gasteiger partial charge in [-0.3, -0.25) is 0 Å². The molecule has 2 amide bonds. The minimum Gasteiger partial charge on any atom is -0.492 e. The van der Waals surface area contributed by atoms with Crippen LogP contribution in [0.15, 0.2) is 53.3 Å². The van der Waals surface area contributed by atoms with Crippen molar-refractivity contribution in [1.29, 1.82) is 0 Å². The van der Waals surface area contributed by atoms with Crippen molar-refractivity contribution >= 4 is 6.03 Å². The van der Waals surface area contributed by atoms with Gasteiger partial charge in [0, 0.05) is 12.1 Å². The number of hydrogen-bond acceptors (Lipinski definition) is 4. The predicted octanol–water partition coefficient (Wildman–Crippen LogP) is 2.08. The summed E-state index contributed by atoms with van der Waals surface area (Å²) in [4.78, 5) is 11.5. The van der Waals surface area contributed by atoms with Gasteiger partial charge in [0.2, 0.25) is 0 Å². The first-order chi connectivity index (χ1) is 10.8. The van der Waals surface area contributed by atoms with Crippen molar-refractivity contribution in [2.45, 2.75) is 12.5 Å². The van der Waals surface area contributed by atoms with E-state index in [2.05, 4.69) is 10.6 Å². The normalized spacial score (nSPS) is 11.7. The summed E-state index contributed by atoms with van der Waals surface area (Å²) in [5, 5.41) is 15.2. The van der Waals surface area contributed by atoms with Gasteiger partial charge >= 0.3 is 6.03 Å². The van der Waals surface area contributed by atoms with Crippen molar-refractivity contribution in [2.24, 2.45) is 0 Å². The summed E-state index contributed by atoms with van der Waals surface area (Å²) < 4.78 is 10.3. The Kier molecular flexibility index (Phi) is 6.32. The lowest BCUT2D eigenvalue weighted by Crippen LogP contribution is -2.38. The summed E-state index contributed by atoms with van der Waals surface area (Å²) in [6.45, 7) is 1.18. The SMILES string of the molecule is O=C(NCCOc1ccccc1)NCC[C@@H](O)c1ccoc1. The van der Waals surface area contributed by atoms with Gasteiger partial charge in [0.15, 0.2) is 0 Å². The van der Waals surface area contributed by atoms with E-state index in [-0.39, 0.29) is 6.03 Å². The van der Waals surface area contributed by atoms with Crippen LogP contribution in [0.3, 0.4) is 0 Å². The van der Waals surface area contributed by atoms with E-state index in [1.54, 1.807) is 6.07 Å². The maximum Gasteiger partial charge on any atom is 0.314 e. The standard InChI is InChI=1S/C16H20N2O4/c19-15(13-7-10-21-12-13)6-8-17-16(20)18-9-11-22-14-4-2-1-3-5-14/h1-5,7,10,12,15,19H,6,8-9,11H2,(H2,17,18,20)/t15-/m1/s1. The van der Waals surface area contributed by atoms with Crippen LogP contribution in [0.25, 0.3) is 0 Å². The van der Waals surface area contributed by atoms with E-state index >= 15 is 0 Å². The molecule has 6 nitrogen and oxygen atoms in total. The second-order valence-corrected chi connectivity index (χ2v) is 4.71. The van der Waals surface area contributed by atoms with E-state index in [0.717, 1.165) is 5.75 Å². The molecule has 1 aromatic carbocycles. The van der Waals surface area contributed by atoms with Gasteiger partial charge in [-0.15, -0.1) is 0 Å². The molecule has 2 rings (SSSR count). The van der Waals surface area contributed by atoms with E-state index in [1.165, 1.54) is 12.5 Å². The van der Waals surface area contributed by atoms with Gasteiger partial charge in [0.05, 0.1) is 25.2 Å². The maximum absolute atomic E-state index is 11.5. The number of para-hydroxylation sites is 1. The fourth-order valence-corrected chi connectivity index (χ4v) is 1.87. The second kappa shape index (κ2) is 8.74. The number of benzene rings is 1. The molecule has 118 valence electrons. The molecule has 0 aliphatic carbocycles. The van der Waals surface area contributed by atoms with E-state index in [9.17, 15) is 9.90 Å². The number of furan rings is 1. The molecule has 0 spiro atoms. The highest BCUT2D eigenvalue weighted by Gasteiger charge is 2.09. The van der Waals surface area contributed by atoms with Gasteiger partial charge < -0.3 is 24.9 Å². The molecule has 0 bridgehead atoms. The summed E-state index contributed by atoms with van der Waals surface area (Å²) in [5.41, 5.74) is 0.707. The highest BCUT2D eigenvalue weighted by molar-refractivity contribution is 5.73. The topological polar surface area (TPSA) is 83.7 Å². The molecule has 1 aromatic heterocycles. The van der Waals surface area contributed by atoms with Crippen LogP contribution in [0.4, 0.5) is 4.79 Å². The molecule has 0 aliphatic rings. The van der Waals surface area contributed by atoms with Crippen LogP contribution in [0.1, 0.15) is 18.1 Å². The number of ether oxygens (including phenoxy) is 1. The summed E-state index contributed by atoms with van der Waals surface area (Å²) in [6.07, 6.45) is 2.78. The number of nitrogens with one attached hydrogen (secondary N) is 2. The third-order valence-corrected chi connectivity index (χ3v) is 3.03. The number of urea groups is 1. The smallest absolute Gasteiger partial charge is 0.314 e. The Labute approximate surface area is 129 Å². The Hall–Kier alpha value is -2.47. The van der Waals surface area contributed by atoms with Crippen molar-refractivity contribution in [2.75, 3.05) is 19.7 Å². The van der Waals surface area contributed by atoms with Gasteiger partial charge in [0.1, 0.15) is 12.4 Å². The van der Waals surface area contributed by atoms with Crippen LogP contribution in [0.2, 0.25) is 0 Å². The van der Waals surface area contributed by atoms with E-state index in [1.807, 2.05) is 30.3 Å². The number of rotatable bonds is 8. The highest BCUT2D eigenvalue weighted by atomic mass is 16.5. The summed E-state index contributed by atoms with van der Waals surface area (Å²) in [7, 11) is 0. The summed E-state index contributed by atoms with van der Waals surface area (Å²) >= 11 is 0. The van der Waals surface area contributed by atoms with Gasteiger partial charge in [-0.25, -0.2) is 4.79 Å². The largest absolute Gasteiger partial charge is 0.492 e. The molecule has 1 heterocycles. The van der Waals surface area contributed by atoms with E-state index in [0.29, 0.717) is 31.7 Å². The van der Waals surface area contributed by atoms with Crippen LogP contribution in [0, 0.1) is 0 Å². The number of aliphatic hydroxyl groups excluding tert-OH is 1. The average molecular weight is 304 g/mol. The molecular formula is C16H20N2O4. The van der Waals surface area contributed by atoms with Gasteiger partial charge in [0.25, 0.3) is 0 Å². The van der Waals surface area contributed by atoms with Crippen molar-refractivity contribution < 1.29 is 19.1 Å². The fraction of sp³-hybridized carbons (Fsp3) is 0.312. The van der Waals surface area contributed by atoms with Gasteiger partial charge in [-0.1, -0.05) is 18.2 Å². The molecule has 0 fully saturated rings. The number of amides is 2.